The molecular formula is C11H10N2O3. The van der Waals surface area contributed by atoms with Crippen LogP contribution in [-0.4, -0.2) is 23.9 Å². The van der Waals surface area contributed by atoms with Crippen molar-refractivity contribution in [3.63, 3.8) is 0 Å². The molecule has 5 nitrogen and oxygen atoms in total. The minimum Gasteiger partial charge on any atom is -0.481 e. The number of imide groups is 1. The second kappa shape index (κ2) is 3.77. The van der Waals surface area contributed by atoms with Crippen LogP contribution in [0, 0.1) is 0 Å². The molecule has 0 saturated carbocycles. The second-order valence-electron chi connectivity index (χ2n) is 3.36. The van der Waals surface area contributed by atoms with E-state index in [1.165, 1.54) is 19.4 Å². The standard InChI is InChI=1S/C11H10N2O3/c1-7-5-10(14)13(11(7)15)8-3-4-9(16-2)12-6-8/h3-6H,1-2H3. The van der Waals surface area contributed by atoms with Crippen molar-refractivity contribution >= 4 is 17.5 Å². The normalized spacial score (nSPS) is 15.4. The number of methoxy groups -OCH3 is 1. The lowest BCUT2D eigenvalue weighted by molar-refractivity contribution is -0.120. The molecule has 82 valence electrons. The Kier molecular flexibility index (Phi) is 2.44. The molecule has 0 N–H and O–H groups in total. The number of carbonyl (C=O) groups is 2. The van der Waals surface area contributed by atoms with Gasteiger partial charge in [0.15, 0.2) is 0 Å². The van der Waals surface area contributed by atoms with Gasteiger partial charge >= 0.3 is 0 Å². The Morgan fingerprint density at radius 2 is 2.06 bits per heavy atom. The van der Waals surface area contributed by atoms with E-state index in [1.54, 1.807) is 19.1 Å². The first-order valence-corrected chi connectivity index (χ1v) is 4.70. The van der Waals surface area contributed by atoms with E-state index in [0.717, 1.165) is 4.90 Å². The summed E-state index contributed by atoms with van der Waals surface area (Å²) in [7, 11) is 1.50. The van der Waals surface area contributed by atoms with Crippen molar-refractivity contribution in [3.8, 4) is 5.88 Å². The number of hydrogen-bond donors (Lipinski definition) is 0. The van der Waals surface area contributed by atoms with Gasteiger partial charge in [-0.1, -0.05) is 0 Å². The third kappa shape index (κ3) is 1.56. The molecule has 1 aromatic heterocycles. The number of amides is 2. The average Bonchev–Trinajstić information content (AvgIpc) is 2.54. The van der Waals surface area contributed by atoms with Gasteiger partial charge in [-0.3, -0.25) is 9.59 Å². The summed E-state index contributed by atoms with van der Waals surface area (Å²) in [6.07, 6.45) is 2.74. The summed E-state index contributed by atoms with van der Waals surface area (Å²) in [4.78, 5) is 28.2. The van der Waals surface area contributed by atoms with Crippen LogP contribution < -0.4 is 9.64 Å². The molecule has 0 aliphatic carbocycles. The fourth-order valence-electron chi connectivity index (χ4n) is 1.46. The zero-order valence-corrected chi connectivity index (χ0v) is 8.93. The van der Waals surface area contributed by atoms with Crippen molar-refractivity contribution in [2.75, 3.05) is 12.0 Å². The second-order valence-corrected chi connectivity index (χ2v) is 3.36. The number of rotatable bonds is 2. The summed E-state index contributed by atoms with van der Waals surface area (Å²) in [6, 6.07) is 3.22. The molecule has 1 aliphatic rings. The molecule has 2 heterocycles. The van der Waals surface area contributed by atoms with Crippen molar-refractivity contribution in [2.45, 2.75) is 6.92 Å². The first-order valence-electron chi connectivity index (χ1n) is 4.70. The molecule has 0 bridgehead atoms. The molecule has 0 atom stereocenters. The van der Waals surface area contributed by atoms with Crippen LogP contribution in [0.4, 0.5) is 5.69 Å². The molecule has 2 amide bonds. The Morgan fingerprint density at radius 1 is 1.31 bits per heavy atom. The zero-order valence-electron chi connectivity index (χ0n) is 8.93. The van der Waals surface area contributed by atoms with Crippen LogP contribution in [0.15, 0.2) is 30.0 Å². The number of pyridine rings is 1. The molecule has 1 aromatic rings. The van der Waals surface area contributed by atoms with Crippen molar-refractivity contribution in [2.24, 2.45) is 0 Å². The van der Waals surface area contributed by atoms with Gasteiger partial charge in [-0.15, -0.1) is 0 Å². The maximum Gasteiger partial charge on any atom is 0.261 e. The summed E-state index contributed by atoms with van der Waals surface area (Å²) in [5.41, 5.74) is 0.879. The highest BCUT2D eigenvalue weighted by Crippen LogP contribution is 2.22. The van der Waals surface area contributed by atoms with Gasteiger partial charge in [-0.05, 0) is 13.0 Å². The van der Waals surface area contributed by atoms with E-state index in [2.05, 4.69) is 4.98 Å². The van der Waals surface area contributed by atoms with Crippen molar-refractivity contribution in [1.29, 1.82) is 0 Å². The monoisotopic (exact) mass is 218 g/mol. The summed E-state index contributed by atoms with van der Waals surface area (Å²) in [5.74, 6) is -0.209. The van der Waals surface area contributed by atoms with Crippen LogP contribution in [-0.2, 0) is 9.59 Å². The van der Waals surface area contributed by atoms with Gasteiger partial charge in [0, 0.05) is 17.7 Å². The molecule has 0 aromatic carbocycles. The molecule has 0 fully saturated rings. The first kappa shape index (κ1) is 10.4. The minimum absolute atomic E-state index is 0.308. The van der Waals surface area contributed by atoms with Crippen LogP contribution in [0.5, 0.6) is 5.88 Å². The maximum atomic E-state index is 11.6. The number of ether oxygens (including phenoxy) is 1. The van der Waals surface area contributed by atoms with Gasteiger partial charge in [0.25, 0.3) is 11.8 Å². The Bertz CT molecular complexity index is 477. The Balaban J connectivity index is 2.32. The highest BCUT2D eigenvalue weighted by molar-refractivity contribution is 6.30. The third-order valence-corrected chi connectivity index (χ3v) is 2.29. The molecule has 0 spiro atoms. The largest absolute Gasteiger partial charge is 0.481 e. The number of anilines is 1. The number of hydrogen-bond acceptors (Lipinski definition) is 4. The van der Waals surface area contributed by atoms with Gasteiger partial charge in [-0.2, -0.15) is 0 Å². The predicted octanol–water partition coefficient (Wildman–Crippen LogP) is 0.910. The lowest BCUT2D eigenvalue weighted by Crippen LogP contribution is -2.30. The van der Waals surface area contributed by atoms with Crippen LogP contribution in [0.25, 0.3) is 0 Å². The van der Waals surface area contributed by atoms with E-state index in [1.807, 2.05) is 0 Å². The first-order chi connectivity index (χ1) is 7.63. The lowest BCUT2D eigenvalue weighted by atomic mass is 10.3. The summed E-state index contributed by atoms with van der Waals surface area (Å²) < 4.78 is 4.89. The van der Waals surface area contributed by atoms with Crippen LogP contribution in [0.1, 0.15) is 6.92 Å². The van der Waals surface area contributed by atoms with E-state index in [-0.39, 0.29) is 11.8 Å². The molecular weight excluding hydrogens is 208 g/mol. The van der Waals surface area contributed by atoms with Gasteiger partial charge < -0.3 is 4.74 Å². The molecule has 0 unspecified atom stereocenters. The molecule has 1 aliphatic heterocycles. The van der Waals surface area contributed by atoms with Gasteiger partial charge in [0.2, 0.25) is 5.88 Å². The van der Waals surface area contributed by atoms with E-state index < -0.39 is 0 Å². The highest BCUT2D eigenvalue weighted by Gasteiger charge is 2.29. The van der Waals surface area contributed by atoms with Crippen molar-refractivity contribution < 1.29 is 14.3 Å². The number of carbonyl (C=O) groups excluding carboxylic acids is 2. The summed E-state index contributed by atoms with van der Waals surface area (Å²) in [5, 5.41) is 0. The van der Waals surface area contributed by atoms with E-state index in [9.17, 15) is 9.59 Å². The summed E-state index contributed by atoms with van der Waals surface area (Å²) >= 11 is 0. The lowest BCUT2D eigenvalue weighted by Gasteiger charge is -2.13. The SMILES string of the molecule is COc1ccc(N2C(=O)C=C(C)C2=O)cn1. The smallest absolute Gasteiger partial charge is 0.261 e. The highest BCUT2D eigenvalue weighted by atomic mass is 16.5. The quantitative estimate of drug-likeness (QED) is 0.692. The van der Waals surface area contributed by atoms with Gasteiger partial charge in [0.05, 0.1) is 19.0 Å². The predicted molar refractivity (Wildman–Crippen MR) is 57.0 cm³/mol. The fourth-order valence-corrected chi connectivity index (χ4v) is 1.46. The average molecular weight is 218 g/mol. The van der Waals surface area contributed by atoms with E-state index in [4.69, 9.17) is 4.74 Å². The Hall–Kier alpha value is -2.17. The van der Waals surface area contributed by atoms with Crippen molar-refractivity contribution in [3.05, 3.63) is 30.0 Å². The fraction of sp³-hybridized carbons (Fsp3) is 0.182. The van der Waals surface area contributed by atoms with Gasteiger partial charge in [0.1, 0.15) is 0 Å². The van der Waals surface area contributed by atoms with Crippen LogP contribution >= 0.6 is 0 Å². The van der Waals surface area contributed by atoms with E-state index >= 15 is 0 Å². The number of aromatic nitrogens is 1. The number of nitrogens with zero attached hydrogens (tertiary/aromatic N) is 2. The van der Waals surface area contributed by atoms with Crippen LogP contribution in [0.3, 0.4) is 0 Å². The Morgan fingerprint density at radius 3 is 2.50 bits per heavy atom. The summed E-state index contributed by atoms with van der Waals surface area (Å²) in [6.45, 7) is 1.61. The van der Waals surface area contributed by atoms with E-state index in [0.29, 0.717) is 17.1 Å². The molecule has 2 rings (SSSR count). The maximum absolute atomic E-state index is 11.6. The topological polar surface area (TPSA) is 59.5 Å². The zero-order chi connectivity index (χ0) is 11.7. The molecule has 16 heavy (non-hydrogen) atoms. The molecule has 0 radical (unpaired) electrons. The van der Waals surface area contributed by atoms with Crippen LogP contribution in [0.2, 0.25) is 0 Å². The minimum atomic E-state index is -0.338. The third-order valence-electron chi connectivity index (χ3n) is 2.29. The molecule has 5 heteroatoms. The Labute approximate surface area is 92.3 Å². The molecule has 0 saturated heterocycles. The van der Waals surface area contributed by atoms with Crippen molar-refractivity contribution in [1.82, 2.24) is 4.98 Å². The van der Waals surface area contributed by atoms with Gasteiger partial charge in [-0.25, -0.2) is 9.88 Å².